The van der Waals surface area contributed by atoms with Gasteiger partial charge >= 0.3 is 0 Å². The smallest absolute Gasteiger partial charge is 0.237 e. The van der Waals surface area contributed by atoms with Gasteiger partial charge in [-0.15, -0.1) is 0 Å². The Labute approximate surface area is 205 Å². The van der Waals surface area contributed by atoms with E-state index in [4.69, 9.17) is 9.47 Å². The van der Waals surface area contributed by atoms with E-state index in [9.17, 15) is 9.59 Å². The number of anilines is 2. The van der Waals surface area contributed by atoms with Crippen LogP contribution in [0.5, 0.6) is 11.5 Å². The maximum atomic E-state index is 12.5. The fraction of sp³-hybridized carbons (Fsp3) is 0.273. The molecule has 1 heterocycles. The van der Waals surface area contributed by atoms with Crippen LogP contribution in [-0.4, -0.2) is 45.9 Å². The van der Waals surface area contributed by atoms with Gasteiger partial charge in [-0.05, 0) is 73.9 Å². The van der Waals surface area contributed by atoms with Crippen LogP contribution in [0.4, 0.5) is 11.4 Å². The molecule has 0 saturated heterocycles. The summed E-state index contributed by atoms with van der Waals surface area (Å²) < 4.78 is 15.2. The molecule has 1 aromatic heterocycles. The lowest BCUT2D eigenvalue weighted by Crippen LogP contribution is -2.22. The molecule has 0 aliphatic carbocycles. The number of rotatable bonds is 10. The summed E-state index contributed by atoms with van der Waals surface area (Å²) in [6.07, 6.45) is 0. The van der Waals surface area contributed by atoms with Crippen LogP contribution in [0, 0.1) is 0 Å². The SMILES string of the molecule is COc1ccc(NC(=O)[C@H](C)Sc2nsc(S[C@@H](C)C(=O)Nc3ccc(OC)cc3)n2)cc1. The van der Waals surface area contributed by atoms with Gasteiger partial charge in [-0.1, -0.05) is 23.5 Å². The summed E-state index contributed by atoms with van der Waals surface area (Å²) >= 11 is 3.80. The van der Waals surface area contributed by atoms with E-state index in [2.05, 4.69) is 20.0 Å². The second-order valence-electron chi connectivity index (χ2n) is 6.80. The Morgan fingerprint density at radius 2 is 1.27 bits per heavy atom. The molecule has 33 heavy (non-hydrogen) atoms. The normalized spacial score (nSPS) is 12.5. The first-order valence-electron chi connectivity index (χ1n) is 9.94. The number of amides is 2. The van der Waals surface area contributed by atoms with Crippen LogP contribution in [-0.2, 0) is 9.59 Å². The average molecular weight is 505 g/mol. The minimum absolute atomic E-state index is 0.137. The second kappa shape index (κ2) is 11.9. The summed E-state index contributed by atoms with van der Waals surface area (Å²) in [4.78, 5) is 29.4. The van der Waals surface area contributed by atoms with Gasteiger partial charge in [0.05, 0.1) is 24.7 Å². The zero-order valence-corrected chi connectivity index (χ0v) is 21.0. The molecular weight excluding hydrogens is 480 g/mol. The molecule has 0 aliphatic heterocycles. The Bertz CT molecular complexity index is 990. The maximum absolute atomic E-state index is 12.5. The first-order valence-corrected chi connectivity index (χ1v) is 12.5. The highest BCUT2D eigenvalue weighted by molar-refractivity contribution is 8.02. The molecule has 0 radical (unpaired) electrons. The number of hydrogen-bond donors (Lipinski definition) is 2. The summed E-state index contributed by atoms with van der Waals surface area (Å²) in [5.41, 5.74) is 1.38. The van der Waals surface area contributed by atoms with Crippen LogP contribution < -0.4 is 20.1 Å². The molecule has 0 saturated carbocycles. The van der Waals surface area contributed by atoms with E-state index in [1.54, 1.807) is 69.7 Å². The molecule has 11 heteroatoms. The van der Waals surface area contributed by atoms with Gasteiger partial charge in [0.1, 0.15) is 11.5 Å². The Kier molecular flexibility index (Phi) is 8.98. The summed E-state index contributed by atoms with van der Waals surface area (Å²) in [6.45, 7) is 3.60. The van der Waals surface area contributed by atoms with Crippen molar-refractivity contribution >= 4 is 58.2 Å². The first-order chi connectivity index (χ1) is 15.9. The lowest BCUT2D eigenvalue weighted by atomic mass is 10.3. The number of nitrogens with one attached hydrogen (secondary N) is 2. The van der Waals surface area contributed by atoms with Gasteiger partial charge in [-0.25, -0.2) is 4.98 Å². The maximum Gasteiger partial charge on any atom is 0.237 e. The molecular formula is C22H24N4O4S3. The van der Waals surface area contributed by atoms with Gasteiger partial charge in [0.2, 0.25) is 17.0 Å². The lowest BCUT2D eigenvalue weighted by molar-refractivity contribution is -0.116. The summed E-state index contributed by atoms with van der Waals surface area (Å²) in [5, 5.41) is 5.48. The molecule has 8 nitrogen and oxygen atoms in total. The summed E-state index contributed by atoms with van der Waals surface area (Å²) in [7, 11) is 3.18. The second-order valence-corrected chi connectivity index (χ2v) is 10.4. The zero-order valence-electron chi connectivity index (χ0n) is 18.5. The van der Waals surface area contributed by atoms with Crippen molar-refractivity contribution in [2.24, 2.45) is 0 Å². The average Bonchev–Trinajstić information content (AvgIpc) is 3.26. The molecule has 3 aromatic rings. The van der Waals surface area contributed by atoms with Gasteiger partial charge in [-0.2, -0.15) is 4.37 Å². The highest BCUT2D eigenvalue weighted by Gasteiger charge is 2.20. The quantitative estimate of drug-likeness (QED) is 0.380. The fourth-order valence-corrected chi connectivity index (χ4v) is 5.22. The van der Waals surface area contributed by atoms with Crippen LogP contribution in [0.2, 0.25) is 0 Å². The number of methoxy groups -OCH3 is 2. The van der Waals surface area contributed by atoms with Gasteiger partial charge < -0.3 is 20.1 Å². The van der Waals surface area contributed by atoms with Crippen molar-refractivity contribution in [1.82, 2.24) is 9.36 Å². The number of nitrogens with zero attached hydrogens (tertiary/aromatic N) is 2. The van der Waals surface area contributed by atoms with Crippen LogP contribution >= 0.6 is 35.1 Å². The molecule has 2 aromatic carbocycles. The fourth-order valence-electron chi connectivity index (χ4n) is 2.55. The summed E-state index contributed by atoms with van der Waals surface area (Å²) in [5.74, 6) is 1.16. The van der Waals surface area contributed by atoms with E-state index in [1.165, 1.54) is 35.1 Å². The van der Waals surface area contributed by atoms with Crippen molar-refractivity contribution in [2.45, 2.75) is 33.8 Å². The Balaban J connectivity index is 1.49. The van der Waals surface area contributed by atoms with Gasteiger partial charge in [-0.3, -0.25) is 9.59 Å². The molecule has 0 bridgehead atoms. The number of carbonyl (C=O) groups is 2. The number of benzene rings is 2. The topological polar surface area (TPSA) is 102 Å². The molecule has 0 unspecified atom stereocenters. The van der Waals surface area contributed by atoms with Crippen molar-refractivity contribution in [3.63, 3.8) is 0 Å². The Morgan fingerprint density at radius 3 is 1.73 bits per heavy atom. The van der Waals surface area contributed by atoms with E-state index in [1.807, 2.05) is 6.92 Å². The standard InChI is InChI=1S/C22H24N4O4S3/c1-13(19(27)23-15-5-9-17(29-3)10-6-15)31-21-25-22(33-26-21)32-14(2)20(28)24-16-7-11-18(30-4)12-8-16/h5-14H,1-4H3,(H,23,27)(H,24,28)/t13-,14-/m0/s1. The summed E-state index contributed by atoms with van der Waals surface area (Å²) in [6, 6.07) is 14.3. The molecule has 2 atom stereocenters. The van der Waals surface area contributed by atoms with Crippen molar-refractivity contribution in [2.75, 3.05) is 24.9 Å². The van der Waals surface area contributed by atoms with Crippen LogP contribution in [0.3, 0.4) is 0 Å². The monoisotopic (exact) mass is 504 g/mol. The predicted octanol–water partition coefficient (Wildman–Crippen LogP) is 4.79. The van der Waals surface area contributed by atoms with Gasteiger partial charge in [0.25, 0.3) is 0 Å². The molecule has 0 aliphatic rings. The highest BCUT2D eigenvalue weighted by atomic mass is 32.2. The Morgan fingerprint density at radius 1 is 0.818 bits per heavy atom. The van der Waals surface area contributed by atoms with Gasteiger partial charge in [0.15, 0.2) is 4.34 Å². The van der Waals surface area contributed by atoms with Crippen molar-refractivity contribution in [3.05, 3.63) is 48.5 Å². The minimum Gasteiger partial charge on any atom is -0.497 e. The highest BCUT2D eigenvalue weighted by Crippen LogP contribution is 2.30. The number of aromatic nitrogens is 2. The lowest BCUT2D eigenvalue weighted by Gasteiger charge is -2.11. The third-order valence-corrected chi connectivity index (χ3v) is 7.36. The van der Waals surface area contributed by atoms with E-state index in [0.29, 0.717) is 20.9 Å². The third-order valence-electron chi connectivity index (χ3n) is 4.40. The van der Waals surface area contributed by atoms with Crippen LogP contribution in [0.1, 0.15) is 13.8 Å². The number of hydrogen-bond acceptors (Lipinski definition) is 9. The number of ether oxygens (including phenoxy) is 2. The zero-order chi connectivity index (χ0) is 23.8. The van der Waals surface area contributed by atoms with E-state index >= 15 is 0 Å². The predicted molar refractivity (Wildman–Crippen MR) is 134 cm³/mol. The number of carbonyl (C=O) groups excluding carboxylic acids is 2. The largest absolute Gasteiger partial charge is 0.497 e. The molecule has 2 amide bonds. The Hall–Kier alpha value is -2.76. The molecule has 3 rings (SSSR count). The molecule has 0 fully saturated rings. The first kappa shape index (κ1) is 24.9. The van der Waals surface area contributed by atoms with E-state index in [0.717, 1.165) is 11.5 Å². The number of thioether (sulfide) groups is 2. The van der Waals surface area contributed by atoms with Crippen LogP contribution in [0.15, 0.2) is 58.0 Å². The molecule has 2 N–H and O–H groups in total. The van der Waals surface area contributed by atoms with E-state index < -0.39 is 5.25 Å². The van der Waals surface area contributed by atoms with Crippen LogP contribution in [0.25, 0.3) is 0 Å². The third kappa shape index (κ3) is 7.37. The molecule has 0 spiro atoms. The van der Waals surface area contributed by atoms with Crippen molar-refractivity contribution in [3.8, 4) is 11.5 Å². The molecule has 174 valence electrons. The van der Waals surface area contributed by atoms with Crippen molar-refractivity contribution < 1.29 is 19.1 Å². The minimum atomic E-state index is -0.393. The van der Waals surface area contributed by atoms with Crippen molar-refractivity contribution in [1.29, 1.82) is 0 Å². The van der Waals surface area contributed by atoms with Gasteiger partial charge in [0, 0.05) is 11.4 Å². The van der Waals surface area contributed by atoms with E-state index in [-0.39, 0.29) is 17.1 Å².